The zero-order chi connectivity index (χ0) is 17.0. The average Bonchev–Trinajstić information content (AvgIpc) is 2.48. The standard InChI is InChI=1S/C17H18ClF3Si2/c18-14-9-12(10-15(22)16(14)23)13(17(19,20)21)8-4-7-11-5-2-1-3-6-11/h1-3,5-6,8-10H,4,7H2,22-23H3/b13-8+. The van der Waals surface area contributed by atoms with Gasteiger partial charge in [-0.25, -0.2) is 0 Å². The predicted molar refractivity (Wildman–Crippen MR) is 99.4 cm³/mol. The van der Waals surface area contributed by atoms with Crippen LogP contribution < -0.4 is 10.4 Å². The van der Waals surface area contributed by atoms with E-state index in [0.717, 1.165) is 26.2 Å². The zero-order valence-corrected chi connectivity index (χ0v) is 17.8. The molecule has 0 aliphatic heterocycles. The Bertz CT molecular complexity index is 687. The molecular weight excluding hydrogens is 353 g/mol. The third-order valence-corrected chi connectivity index (χ3v) is 7.92. The number of allylic oxidation sites excluding steroid dienone is 2. The molecule has 2 rings (SSSR count). The molecule has 0 aliphatic carbocycles. The Kier molecular flexibility index (Phi) is 5.89. The van der Waals surface area contributed by atoms with E-state index in [9.17, 15) is 13.2 Å². The highest BCUT2D eigenvalue weighted by Crippen LogP contribution is 2.34. The number of alkyl halides is 3. The third kappa shape index (κ3) is 4.83. The van der Waals surface area contributed by atoms with E-state index in [1.54, 1.807) is 6.07 Å². The van der Waals surface area contributed by atoms with Gasteiger partial charge in [-0.15, -0.1) is 0 Å². The molecule has 0 nitrogen and oxygen atoms in total. The molecule has 122 valence electrons. The van der Waals surface area contributed by atoms with E-state index in [1.807, 2.05) is 30.3 Å². The quantitative estimate of drug-likeness (QED) is 0.721. The van der Waals surface area contributed by atoms with E-state index in [2.05, 4.69) is 0 Å². The highest BCUT2D eigenvalue weighted by molar-refractivity contribution is 6.54. The first-order chi connectivity index (χ1) is 10.8. The summed E-state index contributed by atoms with van der Waals surface area (Å²) in [6.45, 7) is 0. The van der Waals surface area contributed by atoms with Gasteiger partial charge in [0, 0.05) is 25.5 Å². The van der Waals surface area contributed by atoms with Crippen LogP contribution in [0.5, 0.6) is 0 Å². The van der Waals surface area contributed by atoms with Crippen LogP contribution in [0.15, 0.2) is 48.5 Å². The van der Waals surface area contributed by atoms with Crippen molar-refractivity contribution in [3.63, 3.8) is 0 Å². The fraction of sp³-hybridized carbons (Fsp3) is 0.176. The van der Waals surface area contributed by atoms with Crippen LogP contribution in [0, 0.1) is 0 Å². The summed E-state index contributed by atoms with van der Waals surface area (Å²) in [5.74, 6) is 0. The first kappa shape index (κ1) is 18.0. The van der Waals surface area contributed by atoms with Gasteiger partial charge in [0.25, 0.3) is 0 Å². The van der Waals surface area contributed by atoms with Crippen LogP contribution in [0.25, 0.3) is 5.57 Å². The van der Waals surface area contributed by atoms with E-state index < -0.39 is 11.7 Å². The van der Waals surface area contributed by atoms with Crippen LogP contribution in [0.1, 0.15) is 17.5 Å². The van der Waals surface area contributed by atoms with Crippen LogP contribution in [0.3, 0.4) is 0 Å². The molecule has 0 amide bonds. The Morgan fingerprint density at radius 2 is 1.74 bits per heavy atom. The lowest BCUT2D eigenvalue weighted by molar-refractivity contribution is -0.0690. The highest BCUT2D eigenvalue weighted by Gasteiger charge is 2.34. The van der Waals surface area contributed by atoms with Crippen LogP contribution in [-0.4, -0.2) is 26.7 Å². The first-order valence-electron chi connectivity index (χ1n) is 7.37. The van der Waals surface area contributed by atoms with Crippen molar-refractivity contribution in [1.82, 2.24) is 0 Å². The maximum absolute atomic E-state index is 13.4. The number of aryl methyl sites for hydroxylation is 1. The summed E-state index contributed by atoms with van der Waals surface area (Å²) in [5, 5.41) is 2.42. The van der Waals surface area contributed by atoms with Gasteiger partial charge in [0.15, 0.2) is 0 Å². The monoisotopic (exact) mass is 370 g/mol. The molecule has 23 heavy (non-hydrogen) atoms. The van der Waals surface area contributed by atoms with Gasteiger partial charge in [-0.05, 0) is 30.0 Å². The Labute approximate surface area is 145 Å². The van der Waals surface area contributed by atoms with E-state index in [0.29, 0.717) is 28.1 Å². The van der Waals surface area contributed by atoms with Crippen LogP contribution in [0.2, 0.25) is 5.02 Å². The number of halogens is 4. The highest BCUT2D eigenvalue weighted by atomic mass is 35.5. The van der Waals surface area contributed by atoms with Crippen LogP contribution >= 0.6 is 11.6 Å². The smallest absolute Gasteiger partial charge is 0.166 e. The van der Waals surface area contributed by atoms with Crippen molar-refractivity contribution in [3.05, 3.63) is 64.7 Å². The van der Waals surface area contributed by atoms with E-state index >= 15 is 0 Å². The van der Waals surface area contributed by atoms with Gasteiger partial charge in [-0.3, -0.25) is 0 Å². The Balaban J connectivity index is 2.29. The number of hydrogen-bond donors (Lipinski definition) is 0. The summed E-state index contributed by atoms with van der Waals surface area (Å²) in [5.41, 5.74) is 0.621. The van der Waals surface area contributed by atoms with Crippen molar-refractivity contribution < 1.29 is 13.2 Å². The summed E-state index contributed by atoms with van der Waals surface area (Å²) in [6.07, 6.45) is -2.16. The van der Waals surface area contributed by atoms with Gasteiger partial charge in [0.2, 0.25) is 0 Å². The maximum Gasteiger partial charge on any atom is 0.416 e. The second-order valence-electron chi connectivity index (χ2n) is 5.54. The van der Waals surface area contributed by atoms with E-state index in [4.69, 9.17) is 11.6 Å². The molecule has 0 heterocycles. The predicted octanol–water partition coefficient (Wildman–Crippen LogP) is 1.90. The number of benzene rings is 2. The molecule has 0 unspecified atom stereocenters. The van der Waals surface area contributed by atoms with Crippen molar-refractivity contribution in [2.45, 2.75) is 19.0 Å². The summed E-state index contributed by atoms with van der Waals surface area (Å²) in [7, 11) is 1.45. The van der Waals surface area contributed by atoms with E-state index in [-0.39, 0.29) is 5.56 Å². The normalized spacial score (nSPS) is 12.8. The van der Waals surface area contributed by atoms with Gasteiger partial charge in [-0.1, -0.05) is 64.4 Å². The summed E-state index contributed by atoms with van der Waals surface area (Å²) in [6, 6.07) is 12.6. The van der Waals surface area contributed by atoms with Crippen LogP contribution in [0.4, 0.5) is 13.2 Å². The molecule has 0 fully saturated rings. The van der Waals surface area contributed by atoms with Crippen molar-refractivity contribution in [2.75, 3.05) is 0 Å². The Morgan fingerprint density at radius 3 is 2.30 bits per heavy atom. The SMILES string of the molecule is FC(F)(F)/C(=C/CCc1ccccc1)c1cc([SiH3])c([SiH3])c(Cl)c1. The van der Waals surface area contributed by atoms with Gasteiger partial charge in [-0.2, -0.15) is 13.2 Å². The maximum atomic E-state index is 13.4. The second kappa shape index (κ2) is 7.51. The molecule has 0 radical (unpaired) electrons. The zero-order valence-electron chi connectivity index (χ0n) is 13.0. The molecule has 2 aromatic carbocycles. The summed E-state index contributed by atoms with van der Waals surface area (Å²) in [4.78, 5) is 0. The molecule has 0 N–H and O–H groups in total. The Hall–Kier alpha value is -1.31. The van der Waals surface area contributed by atoms with Crippen molar-refractivity contribution >= 4 is 48.0 Å². The average molecular weight is 371 g/mol. The van der Waals surface area contributed by atoms with Crippen molar-refractivity contribution in [2.24, 2.45) is 0 Å². The third-order valence-electron chi connectivity index (χ3n) is 3.84. The fourth-order valence-corrected chi connectivity index (χ4v) is 3.69. The lowest BCUT2D eigenvalue weighted by Gasteiger charge is -2.15. The summed E-state index contributed by atoms with van der Waals surface area (Å²) < 4.78 is 40.2. The van der Waals surface area contributed by atoms with E-state index in [1.165, 1.54) is 12.1 Å². The van der Waals surface area contributed by atoms with Crippen LogP contribution in [-0.2, 0) is 6.42 Å². The first-order valence-corrected chi connectivity index (χ1v) is 9.75. The molecule has 0 saturated heterocycles. The van der Waals surface area contributed by atoms with Crippen molar-refractivity contribution in [3.8, 4) is 0 Å². The van der Waals surface area contributed by atoms with Gasteiger partial charge < -0.3 is 0 Å². The Morgan fingerprint density at radius 1 is 1.09 bits per heavy atom. The molecule has 2 aromatic rings. The molecular formula is C17H18ClF3Si2. The molecule has 0 aliphatic rings. The molecule has 6 heteroatoms. The fourth-order valence-electron chi connectivity index (χ4n) is 2.40. The largest absolute Gasteiger partial charge is 0.416 e. The lowest BCUT2D eigenvalue weighted by atomic mass is 10.0. The molecule has 0 spiro atoms. The van der Waals surface area contributed by atoms with Gasteiger partial charge >= 0.3 is 6.18 Å². The second-order valence-corrected chi connectivity index (χ2v) is 8.02. The minimum Gasteiger partial charge on any atom is -0.166 e. The molecule has 0 saturated carbocycles. The van der Waals surface area contributed by atoms with Gasteiger partial charge in [0.1, 0.15) is 0 Å². The minimum atomic E-state index is -4.37. The topological polar surface area (TPSA) is 0 Å². The number of rotatable bonds is 4. The molecule has 0 atom stereocenters. The molecule has 0 aromatic heterocycles. The van der Waals surface area contributed by atoms with Crippen molar-refractivity contribution in [1.29, 1.82) is 0 Å². The summed E-state index contributed by atoms with van der Waals surface area (Å²) >= 11 is 6.11. The lowest BCUT2D eigenvalue weighted by Crippen LogP contribution is -2.27. The molecule has 0 bridgehead atoms. The van der Waals surface area contributed by atoms with Gasteiger partial charge in [0.05, 0.1) is 5.57 Å². The number of hydrogen-bond acceptors (Lipinski definition) is 0. The minimum absolute atomic E-state index is 0.181.